The molecule has 1 unspecified atom stereocenters. The summed E-state index contributed by atoms with van der Waals surface area (Å²) in [6.07, 6.45) is 10.2. The van der Waals surface area contributed by atoms with E-state index in [-0.39, 0.29) is 0 Å². The van der Waals surface area contributed by atoms with Crippen LogP contribution in [0.3, 0.4) is 0 Å². The molecule has 1 N–H and O–H groups in total. The van der Waals surface area contributed by atoms with E-state index in [1.807, 2.05) is 6.07 Å². The van der Waals surface area contributed by atoms with Gasteiger partial charge in [-0.1, -0.05) is 12.8 Å². The smallest absolute Gasteiger partial charge is 0.122 e. The van der Waals surface area contributed by atoms with Crippen LogP contribution in [0.25, 0.3) is 0 Å². The standard InChI is InChI=1S/C16H26N2O/c1-2-7-14(6-1)12-17-13-15(16-8-5-11-19-16)18-9-3-4-10-18/h5,8,11,14-15,17H,1-4,6-7,9-10,12-13H2. The van der Waals surface area contributed by atoms with Crippen molar-refractivity contribution >= 4 is 0 Å². The summed E-state index contributed by atoms with van der Waals surface area (Å²) >= 11 is 0. The molecule has 19 heavy (non-hydrogen) atoms. The van der Waals surface area contributed by atoms with Crippen molar-refractivity contribution < 1.29 is 4.42 Å². The fourth-order valence-corrected chi connectivity index (χ4v) is 3.58. The summed E-state index contributed by atoms with van der Waals surface area (Å²) in [4.78, 5) is 2.57. The van der Waals surface area contributed by atoms with Gasteiger partial charge in [0.1, 0.15) is 5.76 Å². The highest BCUT2D eigenvalue weighted by atomic mass is 16.3. The Labute approximate surface area is 116 Å². The molecule has 3 heteroatoms. The number of hydrogen-bond acceptors (Lipinski definition) is 3. The van der Waals surface area contributed by atoms with Crippen LogP contribution in [0.4, 0.5) is 0 Å². The number of nitrogens with zero attached hydrogens (tertiary/aromatic N) is 1. The van der Waals surface area contributed by atoms with Gasteiger partial charge in [-0.2, -0.15) is 0 Å². The van der Waals surface area contributed by atoms with Crippen molar-refractivity contribution in [2.24, 2.45) is 5.92 Å². The number of rotatable bonds is 6. The Morgan fingerprint density at radius 1 is 1.21 bits per heavy atom. The highest BCUT2D eigenvalue weighted by molar-refractivity contribution is 5.06. The van der Waals surface area contributed by atoms with Gasteiger partial charge in [-0.05, 0) is 63.4 Å². The molecule has 1 aliphatic carbocycles. The van der Waals surface area contributed by atoms with Crippen molar-refractivity contribution in [1.29, 1.82) is 0 Å². The lowest BCUT2D eigenvalue weighted by Gasteiger charge is -2.26. The maximum absolute atomic E-state index is 5.65. The van der Waals surface area contributed by atoms with E-state index in [0.29, 0.717) is 6.04 Å². The number of hydrogen-bond donors (Lipinski definition) is 1. The minimum Gasteiger partial charge on any atom is -0.468 e. The average molecular weight is 262 g/mol. The average Bonchev–Trinajstić information content (AvgIpc) is 3.15. The number of nitrogens with one attached hydrogen (secondary N) is 1. The second-order valence-corrected chi connectivity index (χ2v) is 6.08. The molecule has 1 saturated carbocycles. The summed E-state index contributed by atoms with van der Waals surface area (Å²) in [7, 11) is 0. The molecule has 2 fully saturated rings. The van der Waals surface area contributed by atoms with Gasteiger partial charge in [-0.15, -0.1) is 0 Å². The predicted octanol–water partition coefficient (Wildman–Crippen LogP) is 3.20. The SMILES string of the molecule is c1coc(C(CNCC2CCCC2)N2CCCC2)c1. The Morgan fingerprint density at radius 3 is 2.68 bits per heavy atom. The first-order valence-electron chi connectivity index (χ1n) is 7.91. The van der Waals surface area contributed by atoms with Crippen LogP contribution in [0.5, 0.6) is 0 Å². The van der Waals surface area contributed by atoms with Crippen molar-refractivity contribution in [3.8, 4) is 0 Å². The van der Waals surface area contributed by atoms with E-state index in [1.54, 1.807) is 6.26 Å². The van der Waals surface area contributed by atoms with Gasteiger partial charge in [0.25, 0.3) is 0 Å². The molecule has 106 valence electrons. The Bertz CT molecular complexity index is 351. The summed E-state index contributed by atoms with van der Waals surface area (Å²) in [5.74, 6) is 2.04. The molecule has 1 aromatic heterocycles. The third-order valence-electron chi connectivity index (χ3n) is 4.70. The summed E-state index contributed by atoms with van der Waals surface area (Å²) in [6.45, 7) is 4.65. The molecule has 1 aliphatic heterocycles. The Kier molecular flexibility index (Phi) is 4.57. The lowest BCUT2D eigenvalue weighted by atomic mass is 10.1. The normalized spacial score (nSPS) is 23.2. The minimum atomic E-state index is 0.430. The molecule has 0 radical (unpaired) electrons. The fourth-order valence-electron chi connectivity index (χ4n) is 3.58. The molecule has 2 aliphatic rings. The van der Waals surface area contributed by atoms with Gasteiger partial charge in [0.15, 0.2) is 0 Å². The van der Waals surface area contributed by atoms with Crippen molar-refractivity contribution in [1.82, 2.24) is 10.2 Å². The van der Waals surface area contributed by atoms with E-state index in [2.05, 4.69) is 16.3 Å². The number of furan rings is 1. The second kappa shape index (κ2) is 6.58. The van der Waals surface area contributed by atoms with Crippen LogP contribution in [0.15, 0.2) is 22.8 Å². The summed E-state index contributed by atoms with van der Waals surface area (Å²) in [5.41, 5.74) is 0. The third-order valence-corrected chi connectivity index (χ3v) is 4.70. The fraction of sp³-hybridized carbons (Fsp3) is 0.750. The van der Waals surface area contributed by atoms with Crippen LogP contribution in [-0.4, -0.2) is 31.1 Å². The van der Waals surface area contributed by atoms with E-state index in [1.165, 1.54) is 58.2 Å². The van der Waals surface area contributed by atoms with Crippen LogP contribution >= 0.6 is 0 Å². The molecule has 0 amide bonds. The van der Waals surface area contributed by atoms with Gasteiger partial charge in [0, 0.05) is 6.54 Å². The first-order valence-corrected chi connectivity index (χ1v) is 7.91. The topological polar surface area (TPSA) is 28.4 Å². The van der Waals surface area contributed by atoms with Gasteiger partial charge in [-0.3, -0.25) is 4.90 Å². The van der Waals surface area contributed by atoms with Crippen LogP contribution in [0.2, 0.25) is 0 Å². The summed E-state index contributed by atoms with van der Waals surface area (Å²) in [5, 5.41) is 3.69. The highest BCUT2D eigenvalue weighted by Crippen LogP contribution is 2.26. The molecule has 1 aromatic rings. The monoisotopic (exact) mass is 262 g/mol. The van der Waals surface area contributed by atoms with Gasteiger partial charge in [0.2, 0.25) is 0 Å². The Morgan fingerprint density at radius 2 is 2.00 bits per heavy atom. The van der Waals surface area contributed by atoms with Crippen LogP contribution in [0.1, 0.15) is 50.3 Å². The first-order chi connectivity index (χ1) is 9.43. The maximum atomic E-state index is 5.65. The molecule has 0 aromatic carbocycles. The zero-order chi connectivity index (χ0) is 12.9. The molecule has 0 spiro atoms. The summed E-state index contributed by atoms with van der Waals surface area (Å²) < 4.78 is 5.65. The van der Waals surface area contributed by atoms with Crippen molar-refractivity contribution in [3.63, 3.8) is 0 Å². The predicted molar refractivity (Wildman–Crippen MR) is 77.1 cm³/mol. The van der Waals surface area contributed by atoms with Crippen LogP contribution < -0.4 is 5.32 Å². The van der Waals surface area contributed by atoms with E-state index >= 15 is 0 Å². The van der Waals surface area contributed by atoms with Gasteiger partial charge in [0.05, 0.1) is 12.3 Å². The highest BCUT2D eigenvalue weighted by Gasteiger charge is 2.25. The van der Waals surface area contributed by atoms with Crippen molar-refractivity contribution in [2.75, 3.05) is 26.2 Å². The van der Waals surface area contributed by atoms with Gasteiger partial charge >= 0.3 is 0 Å². The Hall–Kier alpha value is -0.800. The lowest BCUT2D eigenvalue weighted by molar-refractivity contribution is 0.207. The van der Waals surface area contributed by atoms with E-state index in [9.17, 15) is 0 Å². The molecule has 3 nitrogen and oxygen atoms in total. The molecule has 2 heterocycles. The second-order valence-electron chi connectivity index (χ2n) is 6.08. The van der Waals surface area contributed by atoms with Gasteiger partial charge in [-0.25, -0.2) is 0 Å². The first kappa shape index (κ1) is 13.2. The zero-order valence-electron chi connectivity index (χ0n) is 11.8. The van der Waals surface area contributed by atoms with Crippen molar-refractivity contribution in [2.45, 2.75) is 44.6 Å². The Balaban J connectivity index is 1.53. The molecule has 0 bridgehead atoms. The zero-order valence-corrected chi connectivity index (χ0v) is 11.8. The quantitative estimate of drug-likeness (QED) is 0.853. The third kappa shape index (κ3) is 3.40. The minimum absolute atomic E-state index is 0.430. The van der Waals surface area contributed by atoms with E-state index < -0.39 is 0 Å². The molecular weight excluding hydrogens is 236 g/mol. The lowest BCUT2D eigenvalue weighted by Crippen LogP contribution is -2.35. The van der Waals surface area contributed by atoms with Crippen LogP contribution in [0, 0.1) is 5.92 Å². The summed E-state index contributed by atoms with van der Waals surface area (Å²) in [6, 6.07) is 4.56. The largest absolute Gasteiger partial charge is 0.468 e. The van der Waals surface area contributed by atoms with Crippen LogP contribution in [-0.2, 0) is 0 Å². The van der Waals surface area contributed by atoms with Crippen molar-refractivity contribution in [3.05, 3.63) is 24.2 Å². The van der Waals surface area contributed by atoms with Gasteiger partial charge < -0.3 is 9.73 Å². The van der Waals surface area contributed by atoms with E-state index in [0.717, 1.165) is 18.2 Å². The maximum Gasteiger partial charge on any atom is 0.122 e. The molecule has 1 atom stereocenters. The molecule has 1 saturated heterocycles. The molecular formula is C16H26N2O. The molecule has 3 rings (SSSR count). The van der Waals surface area contributed by atoms with E-state index in [4.69, 9.17) is 4.42 Å². The number of likely N-dealkylation sites (tertiary alicyclic amines) is 1.